The maximum atomic E-state index is 13.3. The molecule has 35 heavy (non-hydrogen) atoms. The van der Waals surface area contributed by atoms with E-state index in [1.165, 1.54) is 12.1 Å². The number of carboxylic acid groups (broad SMARTS) is 1. The van der Waals surface area contributed by atoms with Crippen molar-refractivity contribution in [2.24, 2.45) is 0 Å². The summed E-state index contributed by atoms with van der Waals surface area (Å²) in [5.74, 6) is -1.07. The van der Waals surface area contributed by atoms with Crippen LogP contribution in [-0.4, -0.2) is 37.7 Å². The smallest absolute Gasteiger partial charge is 0.335 e. The zero-order chi connectivity index (χ0) is 25.6. The Bertz CT molecular complexity index is 1290. The Labute approximate surface area is 211 Å². The molecule has 3 aromatic rings. The van der Waals surface area contributed by atoms with Crippen LogP contribution in [-0.2, 0) is 22.7 Å². The van der Waals surface area contributed by atoms with Crippen LogP contribution in [0.3, 0.4) is 0 Å². The summed E-state index contributed by atoms with van der Waals surface area (Å²) in [5.41, 5.74) is 2.89. The number of carbonyl (C=O) groups is 1. The summed E-state index contributed by atoms with van der Waals surface area (Å²) < 4.78 is 26.5. The molecule has 0 saturated heterocycles. The van der Waals surface area contributed by atoms with Gasteiger partial charge in [-0.2, -0.15) is 0 Å². The number of aliphatic hydroxyl groups excluding tert-OH is 1. The van der Waals surface area contributed by atoms with Gasteiger partial charge in [-0.15, -0.1) is 0 Å². The predicted octanol–water partition coefficient (Wildman–Crippen LogP) is 5.00. The van der Waals surface area contributed by atoms with E-state index in [-0.39, 0.29) is 15.4 Å². The average molecular weight is 516 g/mol. The number of aromatic carboxylic acids is 1. The van der Waals surface area contributed by atoms with Crippen molar-refractivity contribution in [3.8, 4) is 0 Å². The molecule has 8 heteroatoms. The monoisotopic (exact) mass is 515 g/mol. The minimum Gasteiger partial charge on any atom is -0.478 e. The third-order valence-corrected chi connectivity index (χ3v) is 8.14. The Morgan fingerprint density at radius 1 is 1.09 bits per heavy atom. The van der Waals surface area contributed by atoms with E-state index in [0.29, 0.717) is 35.7 Å². The maximum absolute atomic E-state index is 13.3. The molecular weight excluding hydrogens is 486 g/mol. The molecule has 0 heterocycles. The van der Waals surface area contributed by atoms with E-state index in [2.05, 4.69) is 5.32 Å². The number of halogens is 1. The lowest BCUT2D eigenvalue weighted by molar-refractivity contribution is 0.0695. The van der Waals surface area contributed by atoms with Crippen molar-refractivity contribution < 1.29 is 23.4 Å². The van der Waals surface area contributed by atoms with E-state index in [0.717, 1.165) is 24.0 Å². The van der Waals surface area contributed by atoms with Crippen LogP contribution in [0.5, 0.6) is 0 Å². The fraction of sp³-hybridized carbons (Fsp3) is 0.296. The van der Waals surface area contributed by atoms with Crippen LogP contribution in [0, 0.1) is 6.92 Å². The molecule has 6 nitrogen and oxygen atoms in total. The second kappa shape index (κ2) is 11.8. The number of nitrogens with one attached hydrogen (secondary N) is 1. The van der Waals surface area contributed by atoms with Gasteiger partial charge in [-0.3, -0.25) is 0 Å². The maximum Gasteiger partial charge on any atom is 0.335 e. The molecular formula is C27H30ClNO5S. The van der Waals surface area contributed by atoms with Crippen LogP contribution in [0.25, 0.3) is 0 Å². The largest absolute Gasteiger partial charge is 0.478 e. The molecule has 1 atom stereocenters. The molecule has 0 spiro atoms. The third kappa shape index (κ3) is 6.49. The first-order valence-corrected chi connectivity index (χ1v) is 13.3. The van der Waals surface area contributed by atoms with Crippen molar-refractivity contribution in [1.29, 1.82) is 0 Å². The molecule has 0 fully saturated rings. The highest BCUT2D eigenvalue weighted by molar-refractivity contribution is 7.91. The number of hydrogen-bond donors (Lipinski definition) is 3. The summed E-state index contributed by atoms with van der Waals surface area (Å²) >= 11 is 5.96. The van der Waals surface area contributed by atoms with Crippen LogP contribution >= 0.6 is 11.6 Å². The minimum atomic E-state index is -3.77. The second-order valence-electron chi connectivity index (χ2n) is 8.40. The van der Waals surface area contributed by atoms with Gasteiger partial charge in [-0.1, -0.05) is 42.8 Å². The zero-order valence-corrected chi connectivity index (χ0v) is 21.4. The molecule has 0 bridgehead atoms. The fourth-order valence-electron chi connectivity index (χ4n) is 4.11. The van der Waals surface area contributed by atoms with E-state index < -0.39 is 21.9 Å². The molecule has 0 radical (unpaired) electrons. The average Bonchev–Trinajstić information content (AvgIpc) is 2.83. The standard InChI is InChI=1S/C27H30ClNO5S/c1-3-23-18(2)24(27(31)32)13-14-26(23)35(33,34)22-11-9-19(10-12-22)6-5-15-29-17-25(30)20-7-4-8-21(28)16-20/h4,7-14,16,25,29-30H,3,5-6,15,17H2,1-2H3,(H,31,32). The molecule has 186 valence electrons. The Morgan fingerprint density at radius 2 is 1.80 bits per heavy atom. The number of carboxylic acids is 1. The molecule has 0 saturated carbocycles. The van der Waals surface area contributed by atoms with Crippen LogP contribution < -0.4 is 5.32 Å². The Hall–Kier alpha value is -2.71. The first-order valence-electron chi connectivity index (χ1n) is 11.5. The van der Waals surface area contributed by atoms with Gasteiger partial charge in [0.25, 0.3) is 0 Å². The summed E-state index contributed by atoms with van der Waals surface area (Å²) in [6.07, 6.45) is 1.36. The molecule has 1 unspecified atom stereocenters. The van der Waals surface area contributed by atoms with Gasteiger partial charge in [-0.05, 0) is 91.4 Å². The van der Waals surface area contributed by atoms with Crippen molar-refractivity contribution in [3.05, 3.63) is 93.5 Å². The lowest BCUT2D eigenvalue weighted by Crippen LogP contribution is -2.22. The van der Waals surface area contributed by atoms with Gasteiger partial charge in [0.15, 0.2) is 0 Å². The van der Waals surface area contributed by atoms with Gasteiger partial charge in [0, 0.05) is 11.6 Å². The molecule has 0 aliphatic heterocycles. The van der Waals surface area contributed by atoms with E-state index in [4.69, 9.17) is 11.6 Å². The fourth-order valence-corrected chi connectivity index (χ4v) is 5.92. The molecule has 3 rings (SSSR count). The van der Waals surface area contributed by atoms with Gasteiger partial charge in [0.05, 0.1) is 21.5 Å². The first-order chi connectivity index (χ1) is 16.6. The van der Waals surface area contributed by atoms with Gasteiger partial charge < -0.3 is 15.5 Å². The highest BCUT2D eigenvalue weighted by Gasteiger charge is 2.24. The van der Waals surface area contributed by atoms with E-state index in [9.17, 15) is 23.4 Å². The lowest BCUT2D eigenvalue weighted by Gasteiger charge is -2.14. The normalized spacial score (nSPS) is 12.5. The van der Waals surface area contributed by atoms with Crippen molar-refractivity contribution in [2.45, 2.75) is 49.0 Å². The highest BCUT2D eigenvalue weighted by Crippen LogP contribution is 2.29. The van der Waals surface area contributed by atoms with E-state index in [1.54, 1.807) is 49.4 Å². The number of sulfone groups is 1. The van der Waals surface area contributed by atoms with Crippen LogP contribution in [0.15, 0.2) is 70.5 Å². The van der Waals surface area contributed by atoms with Crippen molar-refractivity contribution in [3.63, 3.8) is 0 Å². The van der Waals surface area contributed by atoms with Gasteiger partial charge in [-0.25, -0.2) is 13.2 Å². The van der Waals surface area contributed by atoms with Gasteiger partial charge in [0.1, 0.15) is 0 Å². The van der Waals surface area contributed by atoms with E-state index >= 15 is 0 Å². The molecule has 0 amide bonds. The number of aryl methyl sites for hydroxylation is 1. The Kier molecular flexibility index (Phi) is 9.08. The summed E-state index contributed by atoms with van der Waals surface area (Å²) in [5, 5.41) is 23.4. The SMILES string of the molecule is CCc1c(S(=O)(=O)c2ccc(CCCNCC(O)c3cccc(Cl)c3)cc2)ccc(C(=O)O)c1C. The van der Waals surface area contributed by atoms with Crippen molar-refractivity contribution in [1.82, 2.24) is 5.32 Å². The van der Waals surface area contributed by atoms with Crippen molar-refractivity contribution in [2.75, 3.05) is 13.1 Å². The number of aliphatic hydroxyl groups is 1. The van der Waals surface area contributed by atoms with Gasteiger partial charge >= 0.3 is 5.97 Å². The second-order valence-corrected chi connectivity index (χ2v) is 10.8. The number of rotatable bonds is 11. The Balaban J connectivity index is 1.60. The molecule has 3 N–H and O–H groups in total. The highest BCUT2D eigenvalue weighted by atomic mass is 35.5. The van der Waals surface area contributed by atoms with Gasteiger partial charge in [0.2, 0.25) is 9.84 Å². The predicted molar refractivity (Wildman–Crippen MR) is 137 cm³/mol. The van der Waals surface area contributed by atoms with E-state index in [1.807, 2.05) is 13.0 Å². The summed E-state index contributed by atoms with van der Waals surface area (Å²) in [7, 11) is -3.77. The summed E-state index contributed by atoms with van der Waals surface area (Å²) in [4.78, 5) is 11.8. The van der Waals surface area contributed by atoms with Crippen molar-refractivity contribution >= 4 is 27.4 Å². The first kappa shape index (κ1) is 26.9. The number of benzene rings is 3. The molecule has 0 aliphatic carbocycles. The summed E-state index contributed by atoms with van der Waals surface area (Å²) in [6, 6.07) is 16.7. The lowest BCUT2D eigenvalue weighted by atomic mass is 10.0. The Morgan fingerprint density at radius 3 is 2.43 bits per heavy atom. The molecule has 0 aromatic heterocycles. The molecule has 0 aliphatic rings. The molecule has 3 aromatic carbocycles. The summed E-state index contributed by atoms with van der Waals surface area (Å²) in [6.45, 7) is 4.58. The minimum absolute atomic E-state index is 0.116. The number of hydrogen-bond acceptors (Lipinski definition) is 5. The topological polar surface area (TPSA) is 104 Å². The van der Waals surface area contributed by atoms with Crippen LogP contribution in [0.1, 0.15) is 52.1 Å². The zero-order valence-electron chi connectivity index (χ0n) is 19.8. The third-order valence-electron chi connectivity index (χ3n) is 6.05. The van der Waals surface area contributed by atoms with Crippen LogP contribution in [0.4, 0.5) is 0 Å². The quantitative estimate of drug-likeness (QED) is 0.310. The van der Waals surface area contributed by atoms with Crippen LogP contribution in [0.2, 0.25) is 5.02 Å².